The minimum absolute atomic E-state index is 0.534. The summed E-state index contributed by atoms with van der Waals surface area (Å²) in [5, 5.41) is 9.59. The average Bonchev–Trinajstić information content (AvgIpc) is 3.59. The van der Waals surface area contributed by atoms with E-state index in [2.05, 4.69) is 10.3 Å². The van der Waals surface area contributed by atoms with Crippen LogP contribution >= 0.6 is 11.3 Å². The van der Waals surface area contributed by atoms with Crippen molar-refractivity contribution >= 4 is 32.9 Å². The molecule has 0 aliphatic heterocycles. The van der Waals surface area contributed by atoms with E-state index >= 15 is 0 Å². The molecule has 0 saturated heterocycles. The smallest absolute Gasteiger partial charge is 0.215 e. The third-order valence-corrected chi connectivity index (χ3v) is 8.00. The van der Waals surface area contributed by atoms with Crippen molar-refractivity contribution in [2.24, 2.45) is 5.14 Å². The van der Waals surface area contributed by atoms with Crippen LogP contribution in [0.4, 0.5) is 11.5 Å². The number of hydrogen-bond donors (Lipinski definition) is 2. The highest BCUT2D eigenvalue weighted by Crippen LogP contribution is 2.48. The van der Waals surface area contributed by atoms with E-state index in [1.807, 2.05) is 36.4 Å². The van der Waals surface area contributed by atoms with E-state index < -0.39 is 15.3 Å². The Bertz CT molecular complexity index is 1420. The van der Waals surface area contributed by atoms with Crippen LogP contribution in [0.25, 0.3) is 11.3 Å². The quantitative estimate of drug-likeness (QED) is 0.314. The van der Waals surface area contributed by atoms with Gasteiger partial charge in [-0.2, -0.15) is 0 Å². The van der Waals surface area contributed by atoms with Gasteiger partial charge in [0.15, 0.2) is 0 Å². The largest absolute Gasteiger partial charge is 0.444 e. The summed E-state index contributed by atoms with van der Waals surface area (Å²) in [6.07, 6.45) is 4.01. The molecule has 0 bridgehead atoms. The Hall–Kier alpha value is -3.27. The van der Waals surface area contributed by atoms with E-state index in [4.69, 9.17) is 14.9 Å². The van der Waals surface area contributed by atoms with E-state index in [9.17, 15) is 8.42 Å². The lowest BCUT2D eigenvalue weighted by Gasteiger charge is -2.12. The summed E-state index contributed by atoms with van der Waals surface area (Å²) in [5.74, 6) is 1.74. The number of anilines is 2. The first-order valence-electron chi connectivity index (χ1n) is 11.0. The molecule has 1 unspecified atom stereocenters. The zero-order valence-electron chi connectivity index (χ0n) is 18.5. The van der Waals surface area contributed by atoms with Crippen LogP contribution in [0, 0.1) is 0 Å². The topological polar surface area (TPSA) is 107 Å². The first-order valence-corrected chi connectivity index (χ1v) is 13.4. The second kappa shape index (κ2) is 9.17. The predicted octanol–water partition coefficient (Wildman–Crippen LogP) is 5.97. The van der Waals surface area contributed by atoms with Gasteiger partial charge in [-0.15, -0.1) is 0 Å². The molecule has 2 heterocycles. The Balaban J connectivity index is 1.39. The molecule has 0 spiro atoms. The molecule has 4 aromatic rings. The van der Waals surface area contributed by atoms with Gasteiger partial charge in [-0.1, -0.05) is 53.8 Å². The molecule has 5 rings (SSSR count). The summed E-state index contributed by atoms with van der Waals surface area (Å²) in [6, 6.07) is 20.8. The predicted molar refractivity (Wildman–Crippen MR) is 135 cm³/mol. The van der Waals surface area contributed by atoms with E-state index in [-0.39, 0.29) is 0 Å². The van der Waals surface area contributed by atoms with Gasteiger partial charge in [-0.05, 0) is 43.5 Å². The van der Waals surface area contributed by atoms with Gasteiger partial charge in [-0.3, -0.25) is 0 Å². The van der Waals surface area contributed by atoms with Gasteiger partial charge in [0.1, 0.15) is 22.3 Å². The lowest BCUT2D eigenvalue weighted by molar-refractivity contribution is 0.496. The number of sulfonamides is 1. The van der Waals surface area contributed by atoms with Crippen LogP contribution in [0.3, 0.4) is 0 Å². The van der Waals surface area contributed by atoms with E-state index in [0.29, 0.717) is 28.7 Å². The molecule has 2 aromatic carbocycles. The van der Waals surface area contributed by atoms with Crippen molar-refractivity contribution in [1.82, 2.24) is 9.97 Å². The molecule has 9 heteroatoms. The fourth-order valence-corrected chi connectivity index (χ4v) is 5.18. The Morgan fingerprint density at radius 2 is 1.88 bits per heavy atom. The Labute approximate surface area is 202 Å². The molecule has 1 fully saturated rings. The first-order chi connectivity index (χ1) is 16.4. The van der Waals surface area contributed by atoms with Crippen molar-refractivity contribution in [1.29, 1.82) is 0 Å². The average molecular weight is 493 g/mol. The SMILES string of the molecule is CC(c1cccc(Nc2cc(Oc3sc(C4CC4)nc3-c3ccccc3)ccn2)c1)S(N)(=O)=O. The number of thiazole rings is 1. The molecule has 0 radical (unpaired) electrons. The summed E-state index contributed by atoms with van der Waals surface area (Å²) in [7, 11) is -3.68. The van der Waals surface area contributed by atoms with Crippen LogP contribution in [0.5, 0.6) is 10.8 Å². The fraction of sp³-hybridized carbons (Fsp3) is 0.200. The van der Waals surface area contributed by atoms with Crippen molar-refractivity contribution in [3.63, 3.8) is 0 Å². The lowest BCUT2D eigenvalue weighted by Crippen LogP contribution is -2.19. The van der Waals surface area contributed by atoms with E-state index in [1.165, 1.54) is 12.8 Å². The fourth-order valence-electron chi connectivity index (χ4n) is 3.53. The van der Waals surface area contributed by atoms with Gasteiger partial charge >= 0.3 is 0 Å². The van der Waals surface area contributed by atoms with E-state index in [0.717, 1.165) is 21.3 Å². The normalized spacial score (nSPS) is 14.5. The maximum Gasteiger partial charge on any atom is 0.215 e. The second-order valence-corrected chi connectivity index (χ2v) is 11.2. The van der Waals surface area contributed by atoms with Crippen molar-refractivity contribution in [2.45, 2.75) is 30.9 Å². The highest BCUT2D eigenvalue weighted by atomic mass is 32.2. The zero-order valence-corrected chi connectivity index (χ0v) is 20.1. The number of ether oxygens (including phenoxy) is 1. The maximum absolute atomic E-state index is 11.7. The van der Waals surface area contributed by atoms with Gasteiger partial charge in [0.05, 0.1) is 5.25 Å². The van der Waals surface area contributed by atoms with Crippen molar-refractivity contribution in [3.05, 3.63) is 83.5 Å². The number of pyridine rings is 1. The third kappa shape index (κ3) is 5.11. The molecule has 1 aliphatic carbocycles. The molecule has 7 nitrogen and oxygen atoms in total. The number of hydrogen-bond acceptors (Lipinski definition) is 7. The van der Waals surface area contributed by atoms with Crippen LogP contribution < -0.4 is 15.2 Å². The molecule has 1 aliphatic rings. The van der Waals surface area contributed by atoms with Crippen molar-refractivity contribution in [3.8, 4) is 22.1 Å². The highest BCUT2D eigenvalue weighted by molar-refractivity contribution is 7.89. The van der Waals surface area contributed by atoms with Gasteiger partial charge in [0.25, 0.3) is 0 Å². The highest BCUT2D eigenvalue weighted by Gasteiger charge is 2.29. The van der Waals surface area contributed by atoms with Crippen LogP contribution in [-0.4, -0.2) is 18.4 Å². The molecule has 174 valence electrons. The Kier molecular flexibility index (Phi) is 6.07. The number of nitrogens with zero attached hydrogens (tertiary/aromatic N) is 2. The molecule has 34 heavy (non-hydrogen) atoms. The standard InChI is InChI=1S/C25H24N4O3S2/c1-16(34(26,30)31)19-8-5-9-20(14-19)28-22-15-21(12-13-27-22)32-25-23(17-6-3-2-4-7-17)29-24(33-25)18-10-11-18/h2-9,12-16,18H,10-11H2,1H3,(H,27,28)(H2,26,30,31). The van der Waals surface area contributed by atoms with Crippen LogP contribution in [0.2, 0.25) is 0 Å². The van der Waals surface area contributed by atoms with Crippen LogP contribution in [0.1, 0.15) is 41.5 Å². The summed E-state index contributed by atoms with van der Waals surface area (Å²) < 4.78 is 29.7. The van der Waals surface area contributed by atoms with Crippen LogP contribution in [-0.2, 0) is 10.0 Å². The van der Waals surface area contributed by atoms with Crippen molar-refractivity contribution in [2.75, 3.05) is 5.32 Å². The lowest BCUT2D eigenvalue weighted by atomic mass is 10.1. The molecular formula is C25H24N4O3S2. The summed E-state index contributed by atoms with van der Waals surface area (Å²) >= 11 is 1.59. The molecule has 1 atom stereocenters. The first kappa shape index (κ1) is 22.5. The number of rotatable bonds is 8. The van der Waals surface area contributed by atoms with Gasteiger partial charge in [-0.25, -0.2) is 23.5 Å². The monoisotopic (exact) mass is 492 g/mol. The maximum atomic E-state index is 11.7. The number of benzene rings is 2. The Morgan fingerprint density at radius 1 is 1.09 bits per heavy atom. The zero-order chi connectivity index (χ0) is 23.7. The minimum atomic E-state index is -3.68. The Morgan fingerprint density at radius 3 is 2.62 bits per heavy atom. The van der Waals surface area contributed by atoms with Crippen molar-refractivity contribution < 1.29 is 13.2 Å². The summed E-state index contributed by atoms with van der Waals surface area (Å²) in [4.78, 5) is 9.26. The van der Waals surface area contributed by atoms with Gasteiger partial charge in [0, 0.05) is 29.4 Å². The van der Waals surface area contributed by atoms with Gasteiger partial charge < -0.3 is 10.1 Å². The molecule has 0 amide bonds. The summed E-state index contributed by atoms with van der Waals surface area (Å²) in [5.41, 5.74) is 3.18. The molecule has 3 N–H and O–H groups in total. The minimum Gasteiger partial charge on any atom is -0.444 e. The summed E-state index contributed by atoms with van der Waals surface area (Å²) in [6.45, 7) is 1.57. The number of nitrogens with one attached hydrogen (secondary N) is 1. The van der Waals surface area contributed by atoms with E-state index in [1.54, 1.807) is 54.8 Å². The third-order valence-electron chi connectivity index (χ3n) is 5.65. The second-order valence-electron chi connectivity index (χ2n) is 8.29. The molecule has 1 saturated carbocycles. The molecule has 2 aromatic heterocycles. The van der Waals surface area contributed by atoms with Gasteiger partial charge in [0.2, 0.25) is 15.1 Å². The molecular weight excluding hydrogens is 468 g/mol. The van der Waals surface area contributed by atoms with Crippen LogP contribution in [0.15, 0.2) is 72.9 Å². The number of aromatic nitrogens is 2. The number of nitrogens with two attached hydrogens (primary N) is 1. The number of primary sulfonamides is 1.